The molecule has 1 aromatic rings. The Hall–Kier alpha value is -0.970. The zero-order chi connectivity index (χ0) is 11.6. The van der Waals surface area contributed by atoms with Crippen molar-refractivity contribution < 1.29 is 0 Å². The van der Waals surface area contributed by atoms with Crippen LogP contribution in [-0.4, -0.2) is 33.3 Å². The Kier molecular flexibility index (Phi) is 3.23. The van der Waals surface area contributed by atoms with Crippen LogP contribution in [-0.2, 0) is 13.5 Å². The van der Waals surface area contributed by atoms with Crippen LogP contribution in [0.15, 0.2) is 0 Å². The lowest BCUT2D eigenvalue weighted by atomic mass is 9.79. The van der Waals surface area contributed by atoms with Crippen molar-refractivity contribution in [2.75, 3.05) is 7.05 Å². The van der Waals surface area contributed by atoms with Gasteiger partial charge in [-0.3, -0.25) is 0 Å². The summed E-state index contributed by atoms with van der Waals surface area (Å²) in [5, 5.41) is 15.6. The van der Waals surface area contributed by atoms with E-state index < -0.39 is 0 Å². The SMILES string of the molecule is CNC(Cc1nnn(C)n1)C1(C)CCCC1. The second kappa shape index (κ2) is 4.49. The maximum Gasteiger partial charge on any atom is 0.176 e. The number of nitrogens with zero attached hydrogens (tertiary/aromatic N) is 4. The third-order valence-corrected chi connectivity index (χ3v) is 3.87. The quantitative estimate of drug-likeness (QED) is 0.824. The van der Waals surface area contributed by atoms with Gasteiger partial charge in [0, 0.05) is 12.5 Å². The Morgan fingerprint density at radius 2 is 2.12 bits per heavy atom. The zero-order valence-electron chi connectivity index (χ0n) is 10.4. The summed E-state index contributed by atoms with van der Waals surface area (Å²) < 4.78 is 0. The van der Waals surface area contributed by atoms with Gasteiger partial charge < -0.3 is 5.32 Å². The average molecular weight is 223 g/mol. The molecule has 0 aromatic carbocycles. The normalized spacial score (nSPS) is 21.2. The number of hydrogen-bond acceptors (Lipinski definition) is 4. The Balaban J connectivity index is 2.05. The molecule has 90 valence electrons. The summed E-state index contributed by atoms with van der Waals surface area (Å²) in [6, 6.07) is 0.458. The molecule has 2 rings (SSSR count). The van der Waals surface area contributed by atoms with Crippen LogP contribution in [0, 0.1) is 5.41 Å². The highest BCUT2D eigenvalue weighted by atomic mass is 15.6. The predicted molar refractivity (Wildman–Crippen MR) is 61.9 cm³/mol. The fourth-order valence-electron chi connectivity index (χ4n) is 2.82. The molecule has 0 spiro atoms. The first kappa shape index (κ1) is 11.5. The van der Waals surface area contributed by atoms with Gasteiger partial charge in [0.05, 0.1) is 7.05 Å². The molecule has 1 aliphatic carbocycles. The number of hydrogen-bond donors (Lipinski definition) is 1. The van der Waals surface area contributed by atoms with Crippen molar-refractivity contribution in [2.45, 2.75) is 45.1 Å². The van der Waals surface area contributed by atoms with Gasteiger partial charge in [0.15, 0.2) is 5.82 Å². The monoisotopic (exact) mass is 223 g/mol. The molecule has 1 fully saturated rings. The lowest BCUT2D eigenvalue weighted by Gasteiger charge is -2.33. The molecule has 5 heteroatoms. The number of rotatable bonds is 4. The van der Waals surface area contributed by atoms with E-state index >= 15 is 0 Å². The van der Waals surface area contributed by atoms with Gasteiger partial charge in [0.2, 0.25) is 0 Å². The molecule has 16 heavy (non-hydrogen) atoms. The molecule has 1 saturated carbocycles. The molecule has 0 aliphatic heterocycles. The van der Waals surface area contributed by atoms with Gasteiger partial charge in [-0.2, -0.15) is 4.80 Å². The first-order valence-electron chi connectivity index (χ1n) is 6.04. The number of aryl methyl sites for hydroxylation is 1. The molecule has 1 aliphatic rings. The van der Waals surface area contributed by atoms with Crippen molar-refractivity contribution in [2.24, 2.45) is 12.5 Å². The van der Waals surface area contributed by atoms with Gasteiger partial charge in [-0.15, -0.1) is 10.2 Å². The smallest absolute Gasteiger partial charge is 0.176 e. The summed E-state index contributed by atoms with van der Waals surface area (Å²) in [4.78, 5) is 1.53. The van der Waals surface area contributed by atoms with Crippen LogP contribution in [0.2, 0.25) is 0 Å². The molecule has 0 saturated heterocycles. The van der Waals surface area contributed by atoms with E-state index in [-0.39, 0.29) is 0 Å². The molecule has 0 amide bonds. The van der Waals surface area contributed by atoms with Crippen molar-refractivity contribution in [1.82, 2.24) is 25.5 Å². The van der Waals surface area contributed by atoms with Crippen LogP contribution in [0.5, 0.6) is 0 Å². The maximum atomic E-state index is 4.26. The first-order valence-corrected chi connectivity index (χ1v) is 6.04. The van der Waals surface area contributed by atoms with E-state index in [0.717, 1.165) is 12.2 Å². The molecule has 1 N–H and O–H groups in total. The number of tetrazole rings is 1. The summed E-state index contributed by atoms with van der Waals surface area (Å²) in [6.45, 7) is 2.37. The van der Waals surface area contributed by atoms with Crippen molar-refractivity contribution in [3.05, 3.63) is 5.82 Å². The van der Waals surface area contributed by atoms with Crippen LogP contribution in [0.1, 0.15) is 38.4 Å². The van der Waals surface area contributed by atoms with Gasteiger partial charge >= 0.3 is 0 Å². The summed E-state index contributed by atoms with van der Waals surface area (Å²) in [6.07, 6.45) is 6.18. The molecule has 1 unspecified atom stereocenters. The highest BCUT2D eigenvalue weighted by molar-refractivity contribution is 4.96. The second-order valence-corrected chi connectivity index (χ2v) is 5.10. The minimum absolute atomic E-state index is 0.397. The highest BCUT2D eigenvalue weighted by Gasteiger charge is 2.36. The molecule has 0 radical (unpaired) electrons. The third kappa shape index (κ3) is 2.24. The highest BCUT2D eigenvalue weighted by Crippen LogP contribution is 2.41. The topological polar surface area (TPSA) is 55.6 Å². The number of aromatic nitrogens is 4. The van der Waals surface area contributed by atoms with E-state index in [1.165, 1.54) is 30.5 Å². The van der Waals surface area contributed by atoms with Crippen molar-refractivity contribution >= 4 is 0 Å². The van der Waals surface area contributed by atoms with Crippen LogP contribution in [0.3, 0.4) is 0 Å². The lowest BCUT2D eigenvalue weighted by molar-refractivity contribution is 0.227. The Morgan fingerprint density at radius 3 is 2.62 bits per heavy atom. The van der Waals surface area contributed by atoms with Gasteiger partial charge in [-0.05, 0) is 30.5 Å². The van der Waals surface area contributed by atoms with Crippen LogP contribution >= 0.6 is 0 Å². The predicted octanol–water partition coefficient (Wildman–Crippen LogP) is 0.921. The Morgan fingerprint density at radius 1 is 1.44 bits per heavy atom. The number of likely N-dealkylation sites (N-methyl/N-ethyl adjacent to an activating group) is 1. The minimum atomic E-state index is 0.397. The van der Waals surface area contributed by atoms with Crippen molar-refractivity contribution in [3.8, 4) is 0 Å². The molecule has 1 heterocycles. The second-order valence-electron chi connectivity index (χ2n) is 5.10. The van der Waals surface area contributed by atoms with E-state index in [9.17, 15) is 0 Å². The van der Waals surface area contributed by atoms with E-state index in [1.54, 1.807) is 0 Å². The Bertz CT molecular complexity index is 340. The number of nitrogens with one attached hydrogen (secondary N) is 1. The maximum absolute atomic E-state index is 4.26. The summed E-state index contributed by atoms with van der Waals surface area (Å²) in [5.74, 6) is 0.843. The molecule has 5 nitrogen and oxygen atoms in total. The van der Waals surface area contributed by atoms with Crippen LogP contribution in [0.4, 0.5) is 0 Å². The van der Waals surface area contributed by atoms with Gasteiger partial charge in [-0.1, -0.05) is 19.8 Å². The van der Waals surface area contributed by atoms with E-state index in [2.05, 4.69) is 27.7 Å². The van der Waals surface area contributed by atoms with E-state index in [1.807, 2.05) is 14.1 Å². The zero-order valence-corrected chi connectivity index (χ0v) is 10.4. The fraction of sp³-hybridized carbons (Fsp3) is 0.909. The Labute approximate surface area is 96.6 Å². The summed E-state index contributed by atoms with van der Waals surface area (Å²) >= 11 is 0. The van der Waals surface area contributed by atoms with Crippen molar-refractivity contribution in [1.29, 1.82) is 0 Å². The summed E-state index contributed by atoms with van der Waals surface area (Å²) in [7, 11) is 3.84. The fourth-order valence-corrected chi connectivity index (χ4v) is 2.82. The average Bonchev–Trinajstić information content (AvgIpc) is 2.85. The van der Waals surface area contributed by atoms with Gasteiger partial charge in [-0.25, -0.2) is 0 Å². The van der Waals surface area contributed by atoms with Gasteiger partial charge in [0.1, 0.15) is 0 Å². The van der Waals surface area contributed by atoms with E-state index in [4.69, 9.17) is 0 Å². The molecular weight excluding hydrogens is 202 g/mol. The molecule has 1 atom stereocenters. The lowest BCUT2D eigenvalue weighted by Crippen LogP contribution is -2.42. The molecule has 0 bridgehead atoms. The van der Waals surface area contributed by atoms with Crippen molar-refractivity contribution in [3.63, 3.8) is 0 Å². The molecule has 1 aromatic heterocycles. The van der Waals surface area contributed by atoms with Crippen LogP contribution in [0.25, 0.3) is 0 Å². The van der Waals surface area contributed by atoms with Gasteiger partial charge in [0.25, 0.3) is 0 Å². The summed E-state index contributed by atoms with van der Waals surface area (Å²) in [5.41, 5.74) is 0.397. The molecular formula is C11H21N5. The largest absolute Gasteiger partial charge is 0.316 e. The minimum Gasteiger partial charge on any atom is -0.316 e. The van der Waals surface area contributed by atoms with Crippen LogP contribution < -0.4 is 5.32 Å². The van der Waals surface area contributed by atoms with E-state index in [0.29, 0.717) is 11.5 Å². The third-order valence-electron chi connectivity index (χ3n) is 3.87. The standard InChI is InChI=1S/C11H21N5/c1-11(6-4-5-7-11)9(12-2)8-10-13-15-16(3)14-10/h9,12H,4-8H2,1-3H3. The first-order chi connectivity index (χ1) is 7.64.